The molecular formula is C16H18BrNO2S. The molecule has 0 N–H and O–H groups in total. The summed E-state index contributed by atoms with van der Waals surface area (Å²) in [7, 11) is 1.65. The number of halogens is 1. The molecule has 3 nitrogen and oxygen atoms in total. The van der Waals surface area contributed by atoms with Crippen molar-refractivity contribution in [3.05, 3.63) is 40.4 Å². The summed E-state index contributed by atoms with van der Waals surface area (Å²) in [5.74, 6) is 0.791. The molecule has 0 aliphatic carbocycles. The lowest BCUT2D eigenvalue weighted by Crippen LogP contribution is -2.25. The smallest absolute Gasteiger partial charge is 0.144 e. The Morgan fingerprint density at radius 2 is 1.86 bits per heavy atom. The standard InChI is InChI=1S/C16H18BrNO2S/c1-16(2,3)21(19)18-10-11-9-14(17)15(20-4)13-8-6-5-7-12(11)13/h5-10H,1-4H3. The number of benzene rings is 2. The summed E-state index contributed by atoms with van der Waals surface area (Å²) in [5, 5.41) is 2.02. The summed E-state index contributed by atoms with van der Waals surface area (Å²) < 4.78 is 22.2. The average Bonchev–Trinajstić information content (AvgIpc) is 2.43. The molecule has 0 heterocycles. The minimum Gasteiger partial charge on any atom is -0.591 e. The lowest BCUT2D eigenvalue weighted by Gasteiger charge is -2.18. The summed E-state index contributed by atoms with van der Waals surface area (Å²) in [5.41, 5.74) is 0.913. The largest absolute Gasteiger partial charge is 0.591 e. The van der Waals surface area contributed by atoms with E-state index in [2.05, 4.69) is 20.3 Å². The third-order valence-electron chi connectivity index (χ3n) is 3.00. The Balaban J connectivity index is 2.53. The fourth-order valence-corrected chi connectivity index (χ4v) is 3.07. The van der Waals surface area contributed by atoms with Crippen molar-refractivity contribution < 1.29 is 9.29 Å². The molecule has 0 aliphatic heterocycles. The molecule has 0 saturated heterocycles. The maximum atomic E-state index is 12.1. The van der Waals surface area contributed by atoms with E-state index in [4.69, 9.17) is 4.74 Å². The van der Waals surface area contributed by atoms with Crippen LogP contribution in [-0.2, 0) is 11.4 Å². The molecule has 2 aromatic rings. The highest BCUT2D eigenvalue weighted by Crippen LogP contribution is 2.35. The van der Waals surface area contributed by atoms with E-state index in [0.29, 0.717) is 0 Å². The SMILES string of the molecule is COc1c(Br)cc(C=N[S+]([O-])C(C)(C)C)c2ccccc12. The molecule has 5 heteroatoms. The highest BCUT2D eigenvalue weighted by atomic mass is 79.9. The van der Waals surface area contributed by atoms with Crippen molar-refractivity contribution >= 4 is 44.3 Å². The van der Waals surface area contributed by atoms with Gasteiger partial charge in [-0.3, -0.25) is 0 Å². The van der Waals surface area contributed by atoms with Crippen LogP contribution in [0.3, 0.4) is 0 Å². The molecule has 1 atom stereocenters. The second kappa shape index (κ2) is 6.38. The predicted octanol–water partition coefficient (Wildman–Crippen LogP) is 4.49. The van der Waals surface area contributed by atoms with Gasteiger partial charge in [0.2, 0.25) is 0 Å². The van der Waals surface area contributed by atoms with Crippen LogP contribution in [0.1, 0.15) is 26.3 Å². The molecule has 0 amide bonds. The normalized spacial score (nSPS) is 13.8. The molecule has 2 aromatic carbocycles. The van der Waals surface area contributed by atoms with Crippen molar-refractivity contribution in [2.24, 2.45) is 4.40 Å². The molecule has 0 spiro atoms. The van der Waals surface area contributed by atoms with Gasteiger partial charge in [-0.05, 0) is 48.2 Å². The van der Waals surface area contributed by atoms with Crippen molar-refractivity contribution in [3.8, 4) is 5.75 Å². The topological polar surface area (TPSA) is 44.6 Å². The number of nitrogens with zero attached hydrogens (tertiary/aromatic N) is 1. The average molecular weight is 368 g/mol. The van der Waals surface area contributed by atoms with Crippen LogP contribution in [0.5, 0.6) is 5.75 Å². The van der Waals surface area contributed by atoms with Gasteiger partial charge in [0.15, 0.2) is 0 Å². The van der Waals surface area contributed by atoms with Crippen molar-refractivity contribution in [3.63, 3.8) is 0 Å². The van der Waals surface area contributed by atoms with E-state index in [9.17, 15) is 4.55 Å². The summed E-state index contributed by atoms with van der Waals surface area (Å²) in [4.78, 5) is 0. The third kappa shape index (κ3) is 3.59. The monoisotopic (exact) mass is 367 g/mol. The first-order valence-electron chi connectivity index (χ1n) is 6.56. The fourth-order valence-electron chi connectivity index (χ4n) is 1.92. The van der Waals surface area contributed by atoms with Crippen LogP contribution in [0.25, 0.3) is 10.8 Å². The second-order valence-electron chi connectivity index (χ2n) is 5.62. The fraction of sp³-hybridized carbons (Fsp3) is 0.312. The predicted molar refractivity (Wildman–Crippen MR) is 93.7 cm³/mol. The number of ether oxygens (including phenoxy) is 1. The van der Waals surface area contributed by atoms with E-state index in [1.54, 1.807) is 13.3 Å². The first-order valence-corrected chi connectivity index (χ1v) is 8.46. The van der Waals surface area contributed by atoms with E-state index < -0.39 is 11.4 Å². The van der Waals surface area contributed by atoms with Crippen LogP contribution in [0, 0.1) is 0 Å². The van der Waals surface area contributed by atoms with Gasteiger partial charge < -0.3 is 9.29 Å². The van der Waals surface area contributed by atoms with Gasteiger partial charge in [-0.15, -0.1) is 0 Å². The summed E-state index contributed by atoms with van der Waals surface area (Å²) in [6.07, 6.45) is 1.67. The Hall–Kier alpha value is -1.04. The Labute approximate surface area is 136 Å². The first-order chi connectivity index (χ1) is 9.84. The molecule has 0 aliphatic rings. The first kappa shape index (κ1) is 16.3. The Morgan fingerprint density at radius 3 is 2.43 bits per heavy atom. The highest BCUT2D eigenvalue weighted by molar-refractivity contribution is 9.10. The maximum absolute atomic E-state index is 12.1. The van der Waals surface area contributed by atoms with Gasteiger partial charge in [0.1, 0.15) is 21.9 Å². The molecule has 0 fully saturated rings. The number of hydrogen-bond acceptors (Lipinski definition) is 3. The van der Waals surface area contributed by atoms with Gasteiger partial charge in [-0.1, -0.05) is 28.7 Å². The van der Waals surface area contributed by atoms with Crippen LogP contribution >= 0.6 is 15.9 Å². The Kier molecular flexibility index (Phi) is 4.96. The molecule has 112 valence electrons. The van der Waals surface area contributed by atoms with E-state index in [0.717, 1.165) is 26.6 Å². The zero-order valence-corrected chi connectivity index (χ0v) is 14.9. The van der Waals surface area contributed by atoms with E-state index >= 15 is 0 Å². The van der Waals surface area contributed by atoms with Crippen LogP contribution in [-0.4, -0.2) is 22.6 Å². The highest BCUT2D eigenvalue weighted by Gasteiger charge is 2.26. The van der Waals surface area contributed by atoms with Gasteiger partial charge >= 0.3 is 0 Å². The van der Waals surface area contributed by atoms with Crippen molar-refractivity contribution in [2.45, 2.75) is 25.5 Å². The quantitative estimate of drug-likeness (QED) is 0.592. The lowest BCUT2D eigenvalue weighted by molar-refractivity contribution is 0.417. The van der Waals surface area contributed by atoms with Gasteiger partial charge in [0.05, 0.1) is 17.8 Å². The van der Waals surface area contributed by atoms with Crippen LogP contribution in [0.15, 0.2) is 39.2 Å². The Morgan fingerprint density at radius 1 is 1.24 bits per heavy atom. The molecular weight excluding hydrogens is 350 g/mol. The molecule has 0 aromatic heterocycles. The Bertz CT molecular complexity index is 680. The summed E-state index contributed by atoms with van der Waals surface area (Å²) in [6.45, 7) is 5.72. The van der Waals surface area contributed by atoms with Crippen LogP contribution in [0.2, 0.25) is 0 Å². The van der Waals surface area contributed by atoms with Gasteiger partial charge in [-0.25, -0.2) is 0 Å². The molecule has 2 rings (SSSR count). The second-order valence-corrected chi connectivity index (χ2v) is 8.41. The summed E-state index contributed by atoms with van der Waals surface area (Å²) >= 11 is 2.24. The van der Waals surface area contributed by atoms with E-state index in [1.165, 1.54) is 0 Å². The molecule has 1 unspecified atom stereocenters. The molecule has 0 radical (unpaired) electrons. The minimum atomic E-state index is -1.27. The van der Waals surface area contributed by atoms with E-state index in [1.807, 2.05) is 51.1 Å². The number of hydrogen-bond donors (Lipinski definition) is 0. The zero-order chi connectivity index (χ0) is 15.6. The maximum Gasteiger partial charge on any atom is 0.144 e. The zero-order valence-electron chi connectivity index (χ0n) is 12.5. The minimum absolute atomic E-state index is 0.365. The molecule has 21 heavy (non-hydrogen) atoms. The third-order valence-corrected chi connectivity index (χ3v) is 4.93. The van der Waals surface area contributed by atoms with Crippen molar-refractivity contribution in [2.75, 3.05) is 7.11 Å². The van der Waals surface area contributed by atoms with Crippen LogP contribution < -0.4 is 4.74 Å². The summed E-state index contributed by atoms with van der Waals surface area (Å²) in [6, 6.07) is 9.87. The number of rotatable bonds is 3. The van der Waals surface area contributed by atoms with Crippen LogP contribution in [0.4, 0.5) is 0 Å². The van der Waals surface area contributed by atoms with Crippen molar-refractivity contribution in [1.82, 2.24) is 0 Å². The van der Waals surface area contributed by atoms with Gasteiger partial charge in [0, 0.05) is 10.9 Å². The van der Waals surface area contributed by atoms with Gasteiger partial charge in [-0.2, -0.15) is 0 Å². The van der Waals surface area contributed by atoms with Gasteiger partial charge in [0.25, 0.3) is 0 Å². The van der Waals surface area contributed by atoms with Crippen molar-refractivity contribution in [1.29, 1.82) is 0 Å². The molecule has 0 saturated carbocycles. The lowest BCUT2D eigenvalue weighted by atomic mass is 10.0. The number of methoxy groups -OCH3 is 1. The number of fused-ring (bicyclic) bond motifs is 1. The van der Waals surface area contributed by atoms with E-state index in [-0.39, 0.29) is 4.75 Å². The molecule has 0 bridgehead atoms.